The molecule has 0 aromatic heterocycles. The van der Waals surface area contributed by atoms with Crippen LogP contribution >= 0.6 is 0 Å². The summed E-state index contributed by atoms with van der Waals surface area (Å²) in [5.74, 6) is 0.0353. The Morgan fingerprint density at radius 1 is 1.17 bits per heavy atom. The lowest BCUT2D eigenvalue weighted by atomic mass is 9.95. The molecule has 0 spiro atoms. The molecular formula is C22H21NO6. The largest absolute Gasteiger partial charge is 0.507 e. The number of nitrogens with zero attached hydrogens (tertiary/aromatic N) is 1. The highest BCUT2D eigenvalue weighted by Crippen LogP contribution is 2.41. The van der Waals surface area contributed by atoms with Crippen molar-refractivity contribution in [1.82, 2.24) is 4.90 Å². The number of carbonyl (C=O) groups is 2. The number of ketones is 1. The number of Topliss-reactive ketones (excluding diaryl/α,β-unsaturated/α-hetero) is 1. The summed E-state index contributed by atoms with van der Waals surface area (Å²) in [5.41, 5.74) is 1.09. The molecule has 7 heteroatoms. The molecule has 1 atom stereocenters. The van der Waals surface area contributed by atoms with Gasteiger partial charge in [-0.25, -0.2) is 0 Å². The SMILES string of the molecule is CCCOc1cccc(C2/C(=C(\O)c3ccc4c(c3)OCO4)C(=O)C(=O)N2C)c1. The van der Waals surface area contributed by atoms with E-state index < -0.39 is 17.7 Å². The van der Waals surface area contributed by atoms with Crippen molar-refractivity contribution in [3.63, 3.8) is 0 Å². The van der Waals surface area contributed by atoms with Crippen LogP contribution in [0.15, 0.2) is 48.0 Å². The highest BCUT2D eigenvalue weighted by Gasteiger charge is 2.44. The molecule has 29 heavy (non-hydrogen) atoms. The monoisotopic (exact) mass is 395 g/mol. The highest BCUT2D eigenvalue weighted by atomic mass is 16.7. The molecule has 7 nitrogen and oxygen atoms in total. The van der Waals surface area contributed by atoms with Crippen molar-refractivity contribution in [2.75, 3.05) is 20.4 Å². The van der Waals surface area contributed by atoms with Crippen LogP contribution in [-0.2, 0) is 9.59 Å². The highest BCUT2D eigenvalue weighted by molar-refractivity contribution is 6.46. The number of aliphatic hydroxyl groups excluding tert-OH is 1. The fourth-order valence-electron chi connectivity index (χ4n) is 3.53. The number of aliphatic hydroxyl groups is 1. The van der Waals surface area contributed by atoms with Crippen molar-refractivity contribution in [3.05, 3.63) is 59.2 Å². The molecule has 1 N–H and O–H groups in total. The number of carbonyl (C=O) groups excluding carboxylic acids is 2. The van der Waals surface area contributed by atoms with Gasteiger partial charge in [0.2, 0.25) is 6.79 Å². The average molecular weight is 395 g/mol. The summed E-state index contributed by atoms with van der Waals surface area (Å²) in [7, 11) is 1.55. The molecule has 2 aromatic carbocycles. The van der Waals surface area contributed by atoms with E-state index in [1.807, 2.05) is 13.0 Å². The third-order valence-corrected chi connectivity index (χ3v) is 4.97. The molecule has 150 valence electrons. The van der Waals surface area contributed by atoms with Gasteiger partial charge in [0.25, 0.3) is 11.7 Å². The van der Waals surface area contributed by atoms with Crippen LogP contribution < -0.4 is 14.2 Å². The van der Waals surface area contributed by atoms with Crippen molar-refractivity contribution in [1.29, 1.82) is 0 Å². The molecule has 0 radical (unpaired) electrons. The first-order chi connectivity index (χ1) is 14.0. The Hall–Kier alpha value is -3.48. The lowest BCUT2D eigenvalue weighted by Crippen LogP contribution is -2.24. The standard InChI is InChI=1S/C22H21NO6/c1-3-9-27-15-6-4-5-13(10-15)19-18(21(25)22(26)23(19)2)20(24)14-7-8-16-17(11-14)29-12-28-16/h4-8,10-11,19,24H,3,9,12H2,1-2H3/b20-18+. The summed E-state index contributed by atoms with van der Waals surface area (Å²) in [6, 6.07) is 11.4. The topological polar surface area (TPSA) is 85.3 Å². The van der Waals surface area contributed by atoms with Crippen LogP contribution in [0.25, 0.3) is 5.76 Å². The lowest BCUT2D eigenvalue weighted by molar-refractivity contribution is -0.139. The number of hydrogen-bond donors (Lipinski definition) is 1. The van der Waals surface area contributed by atoms with Crippen molar-refractivity contribution in [3.8, 4) is 17.2 Å². The zero-order chi connectivity index (χ0) is 20.5. The summed E-state index contributed by atoms with van der Waals surface area (Å²) in [6.07, 6.45) is 0.862. The fraction of sp³-hybridized carbons (Fsp3) is 0.273. The molecule has 1 amide bonds. The Bertz CT molecular complexity index is 1010. The van der Waals surface area contributed by atoms with Crippen LogP contribution in [0.1, 0.15) is 30.5 Å². The van der Waals surface area contributed by atoms with Gasteiger partial charge in [0.15, 0.2) is 11.5 Å². The Labute approximate surface area is 168 Å². The van der Waals surface area contributed by atoms with E-state index in [1.54, 1.807) is 43.4 Å². The number of benzene rings is 2. The quantitative estimate of drug-likeness (QED) is 0.475. The van der Waals surface area contributed by atoms with Gasteiger partial charge in [0.1, 0.15) is 11.5 Å². The van der Waals surface area contributed by atoms with Gasteiger partial charge in [-0.15, -0.1) is 0 Å². The van der Waals surface area contributed by atoms with E-state index in [4.69, 9.17) is 14.2 Å². The van der Waals surface area contributed by atoms with Crippen LogP contribution in [0.5, 0.6) is 17.2 Å². The van der Waals surface area contributed by atoms with Gasteiger partial charge in [0.05, 0.1) is 18.2 Å². The van der Waals surface area contributed by atoms with Crippen molar-refractivity contribution >= 4 is 17.4 Å². The van der Waals surface area contributed by atoms with Crippen LogP contribution in [0.4, 0.5) is 0 Å². The molecule has 2 heterocycles. The Morgan fingerprint density at radius 3 is 2.76 bits per heavy atom. The number of rotatable bonds is 5. The molecular weight excluding hydrogens is 374 g/mol. The Morgan fingerprint density at radius 2 is 1.97 bits per heavy atom. The predicted molar refractivity (Wildman–Crippen MR) is 105 cm³/mol. The third-order valence-electron chi connectivity index (χ3n) is 4.97. The fourth-order valence-corrected chi connectivity index (χ4v) is 3.53. The first-order valence-corrected chi connectivity index (χ1v) is 9.38. The molecule has 1 saturated heterocycles. The normalized spacial score (nSPS) is 19.7. The molecule has 2 aliphatic heterocycles. The number of amides is 1. The van der Waals surface area contributed by atoms with E-state index in [0.717, 1.165) is 6.42 Å². The van der Waals surface area contributed by atoms with E-state index >= 15 is 0 Å². The maximum absolute atomic E-state index is 12.7. The molecule has 0 aliphatic carbocycles. The van der Waals surface area contributed by atoms with Gasteiger partial charge in [-0.3, -0.25) is 9.59 Å². The minimum absolute atomic E-state index is 0.0315. The van der Waals surface area contributed by atoms with Crippen LogP contribution in [0.3, 0.4) is 0 Å². The summed E-state index contributed by atoms with van der Waals surface area (Å²) in [5, 5.41) is 11.0. The van der Waals surface area contributed by atoms with Crippen molar-refractivity contribution < 1.29 is 28.9 Å². The summed E-state index contributed by atoms with van der Waals surface area (Å²) in [4.78, 5) is 26.5. The van der Waals surface area contributed by atoms with Crippen LogP contribution in [-0.4, -0.2) is 42.1 Å². The van der Waals surface area contributed by atoms with E-state index in [9.17, 15) is 14.7 Å². The second-order valence-corrected chi connectivity index (χ2v) is 6.90. The van der Waals surface area contributed by atoms with Gasteiger partial charge in [-0.2, -0.15) is 0 Å². The van der Waals surface area contributed by atoms with Crippen molar-refractivity contribution in [2.45, 2.75) is 19.4 Å². The average Bonchev–Trinajstić information content (AvgIpc) is 3.29. The van der Waals surface area contributed by atoms with Gasteiger partial charge in [0, 0.05) is 12.6 Å². The number of hydrogen-bond acceptors (Lipinski definition) is 6. The van der Waals surface area contributed by atoms with Gasteiger partial charge in [-0.1, -0.05) is 19.1 Å². The zero-order valence-corrected chi connectivity index (χ0v) is 16.2. The first-order valence-electron chi connectivity index (χ1n) is 9.38. The van der Waals surface area contributed by atoms with Gasteiger partial charge in [-0.05, 0) is 42.3 Å². The number of likely N-dealkylation sites (tertiary alicyclic amines) is 1. The minimum atomic E-state index is -0.729. The van der Waals surface area contributed by atoms with Crippen LogP contribution in [0, 0.1) is 0 Å². The zero-order valence-electron chi connectivity index (χ0n) is 16.2. The minimum Gasteiger partial charge on any atom is -0.507 e. The summed E-state index contributed by atoms with van der Waals surface area (Å²) in [6.45, 7) is 2.67. The second-order valence-electron chi connectivity index (χ2n) is 6.90. The summed E-state index contributed by atoms with van der Waals surface area (Å²) >= 11 is 0. The second kappa shape index (κ2) is 7.50. The van der Waals surface area contributed by atoms with E-state index in [1.165, 1.54) is 4.90 Å². The molecule has 4 rings (SSSR count). The first kappa shape index (κ1) is 18.9. The van der Waals surface area contributed by atoms with Crippen molar-refractivity contribution in [2.24, 2.45) is 0 Å². The third kappa shape index (κ3) is 3.29. The molecule has 2 aromatic rings. The Kier molecular flexibility index (Phi) is 4.88. The molecule has 1 unspecified atom stereocenters. The van der Waals surface area contributed by atoms with E-state index in [2.05, 4.69) is 0 Å². The maximum Gasteiger partial charge on any atom is 0.295 e. The number of ether oxygens (including phenoxy) is 3. The number of fused-ring (bicyclic) bond motifs is 1. The molecule has 1 fully saturated rings. The Balaban J connectivity index is 1.79. The molecule has 0 bridgehead atoms. The smallest absolute Gasteiger partial charge is 0.295 e. The number of likely N-dealkylation sites (N-methyl/N-ethyl adjacent to an activating group) is 1. The lowest BCUT2D eigenvalue weighted by Gasteiger charge is -2.21. The molecule has 0 saturated carbocycles. The van der Waals surface area contributed by atoms with Crippen LogP contribution in [0.2, 0.25) is 0 Å². The van der Waals surface area contributed by atoms with E-state index in [0.29, 0.717) is 35.0 Å². The van der Waals surface area contributed by atoms with Gasteiger partial charge >= 0.3 is 0 Å². The maximum atomic E-state index is 12.7. The molecule has 2 aliphatic rings. The van der Waals surface area contributed by atoms with E-state index in [-0.39, 0.29) is 18.1 Å². The summed E-state index contributed by atoms with van der Waals surface area (Å²) < 4.78 is 16.3. The predicted octanol–water partition coefficient (Wildman–Crippen LogP) is 3.26. The van der Waals surface area contributed by atoms with Gasteiger partial charge < -0.3 is 24.2 Å².